The summed E-state index contributed by atoms with van der Waals surface area (Å²) in [5.74, 6) is 0.124. The maximum absolute atomic E-state index is 14.6. The highest BCUT2D eigenvalue weighted by Gasteiger charge is 2.75. The molecule has 8 rings (SSSR count). The highest BCUT2D eigenvalue weighted by molar-refractivity contribution is 5.94. The lowest BCUT2D eigenvalue weighted by Gasteiger charge is -2.63. The number of aliphatic hydroxyl groups excluding tert-OH is 10. The van der Waals surface area contributed by atoms with Gasteiger partial charge >= 0.3 is 0 Å². The number of Topliss-reactive ketones (excluding diaryl/α,β-unsaturated/α-hetero) is 2. The number of ketones is 2. The molecule has 19 nitrogen and oxygen atoms in total. The van der Waals surface area contributed by atoms with Crippen LogP contribution in [-0.2, 0) is 42.7 Å². The molecule has 10 N–H and O–H groups in total. The summed E-state index contributed by atoms with van der Waals surface area (Å²) in [6.45, 7) is 10.4. The Bertz CT molecular complexity index is 1810. The summed E-state index contributed by atoms with van der Waals surface area (Å²) in [6, 6.07) is 0. The second-order valence-electron chi connectivity index (χ2n) is 21.2. The van der Waals surface area contributed by atoms with Crippen molar-refractivity contribution in [3.63, 3.8) is 0 Å². The van der Waals surface area contributed by atoms with Crippen LogP contribution >= 0.6 is 0 Å². The predicted molar refractivity (Wildman–Crippen MR) is 222 cm³/mol. The molecule has 4 aliphatic carbocycles. The number of allylic oxidation sites excluding steroid dienone is 2. The van der Waals surface area contributed by atoms with E-state index in [0.29, 0.717) is 44.9 Å². The molecular formula is C46H72O19. The van der Waals surface area contributed by atoms with Crippen molar-refractivity contribution in [1.29, 1.82) is 0 Å². The molecule has 4 aliphatic heterocycles. The lowest BCUT2D eigenvalue weighted by molar-refractivity contribution is -0.365. The zero-order valence-electron chi connectivity index (χ0n) is 38.2. The number of rotatable bonds is 11. The Morgan fingerprint density at radius 1 is 0.769 bits per heavy atom. The van der Waals surface area contributed by atoms with E-state index in [1.54, 1.807) is 0 Å². The summed E-state index contributed by atoms with van der Waals surface area (Å²) in [5, 5.41) is 107. The number of carbonyl (C=O) groups is 2. The van der Waals surface area contributed by atoms with Crippen LogP contribution in [0.3, 0.4) is 0 Å². The van der Waals surface area contributed by atoms with Gasteiger partial charge in [-0.1, -0.05) is 45.8 Å². The molecule has 0 bridgehead atoms. The first-order chi connectivity index (χ1) is 30.6. The monoisotopic (exact) mass is 928 g/mol. The van der Waals surface area contributed by atoms with E-state index in [2.05, 4.69) is 27.7 Å². The second kappa shape index (κ2) is 18.0. The standard InChI is InChI=1S/C46H72O19/c1-7-23(49)25-14-20(2)46(65-25)15-29(51)45(6)22-8-9-28-42(3,21(22)10-13-44(45,46)5)12-11-30(43(28,4)19-48)63-39-36(57)35(56)33(54)27(62-39)18-60-41-38(31(52)24(50)17-59-41)64-40-37(58)34(55)32(53)26(16-47)61-40/h20,24-28,30-41,47-48,50,52-58H,7-19H2,1-6H3/t20-,24+,25+,26-,27-,28-,30+,31+,32-,33-,34+,35+,36-,37-,38-,39+,40+,41+,42-,43-,44+,45-,46+/m1/s1. The molecule has 19 heteroatoms. The zero-order valence-corrected chi connectivity index (χ0v) is 38.2. The Morgan fingerprint density at radius 3 is 2.06 bits per heavy atom. The Kier molecular flexibility index (Phi) is 13.8. The topological polar surface area (TPSA) is 301 Å². The summed E-state index contributed by atoms with van der Waals surface area (Å²) in [4.78, 5) is 27.5. The van der Waals surface area contributed by atoms with E-state index in [0.717, 1.165) is 12.0 Å². The van der Waals surface area contributed by atoms with Gasteiger partial charge in [0.25, 0.3) is 0 Å². The van der Waals surface area contributed by atoms with Crippen LogP contribution in [0.25, 0.3) is 0 Å². The molecule has 4 saturated heterocycles. The Labute approximate surface area is 378 Å². The first kappa shape index (κ1) is 49.8. The first-order valence-electron chi connectivity index (χ1n) is 23.6. The second-order valence-corrected chi connectivity index (χ2v) is 21.2. The molecule has 0 aromatic carbocycles. The molecule has 0 radical (unpaired) electrons. The fourth-order valence-corrected chi connectivity index (χ4v) is 13.9. The molecule has 0 aromatic rings. The minimum atomic E-state index is -1.85. The fraction of sp³-hybridized carbons (Fsp3) is 0.913. The van der Waals surface area contributed by atoms with E-state index in [9.17, 15) is 60.7 Å². The maximum Gasteiger partial charge on any atom is 0.187 e. The van der Waals surface area contributed by atoms with Crippen LogP contribution in [0.2, 0.25) is 0 Å². The van der Waals surface area contributed by atoms with E-state index in [1.165, 1.54) is 5.57 Å². The highest BCUT2D eigenvalue weighted by atomic mass is 16.8. The number of hydrogen-bond acceptors (Lipinski definition) is 19. The predicted octanol–water partition coefficient (Wildman–Crippen LogP) is -1.11. The molecule has 0 aromatic heterocycles. The van der Waals surface area contributed by atoms with Crippen LogP contribution < -0.4 is 0 Å². The molecule has 1 spiro atoms. The van der Waals surface area contributed by atoms with Crippen molar-refractivity contribution in [3.05, 3.63) is 11.1 Å². The van der Waals surface area contributed by atoms with Crippen molar-refractivity contribution in [2.75, 3.05) is 26.4 Å². The molecule has 6 fully saturated rings. The molecule has 2 saturated carbocycles. The van der Waals surface area contributed by atoms with Gasteiger partial charge < -0.3 is 84.2 Å². The quantitative estimate of drug-likeness (QED) is 0.110. The number of ether oxygens (including phenoxy) is 7. The maximum atomic E-state index is 14.6. The molecule has 0 unspecified atom stereocenters. The van der Waals surface area contributed by atoms with Gasteiger partial charge in [0.1, 0.15) is 79.0 Å². The molecule has 4 heterocycles. The van der Waals surface area contributed by atoms with Crippen molar-refractivity contribution in [2.45, 2.75) is 203 Å². The molecule has 23 atom stereocenters. The van der Waals surface area contributed by atoms with Crippen LogP contribution in [0.5, 0.6) is 0 Å². The van der Waals surface area contributed by atoms with Gasteiger partial charge in [-0.15, -0.1) is 0 Å². The Balaban J connectivity index is 0.978. The van der Waals surface area contributed by atoms with E-state index >= 15 is 0 Å². The van der Waals surface area contributed by atoms with Crippen molar-refractivity contribution in [1.82, 2.24) is 0 Å². The average molecular weight is 929 g/mol. The van der Waals surface area contributed by atoms with Gasteiger partial charge in [0, 0.05) is 23.7 Å². The largest absolute Gasteiger partial charge is 0.396 e. The number of fused-ring (bicyclic) bond motifs is 5. The van der Waals surface area contributed by atoms with E-state index in [4.69, 9.17) is 33.2 Å². The van der Waals surface area contributed by atoms with Gasteiger partial charge in [-0.05, 0) is 69.1 Å². The van der Waals surface area contributed by atoms with Crippen LogP contribution in [0.4, 0.5) is 0 Å². The van der Waals surface area contributed by atoms with Gasteiger partial charge in [0.2, 0.25) is 0 Å². The van der Waals surface area contributed by atoms with E-state index < -0.39 is 145 Å². The fourth-order valence-electron chi connectivity index (χ4n) is 13.9. The minimum absolute atomic E-state index is 0.0276. The van der Waals surface area contributed by atoms with Crippen LogP contribution in [0.15, 0.2) is 11.1 Å². The smallest absolute Gasteiger partial charge is 0.187 e. The average Bonchev–Trinajstić information content (AvgIpc) is 3.71. The van der Waals surface area contributed by atoms with Crippen molar-refractivity contribution in [3.8, 4) is 0 Å². The Morgan fingerprint density at radius 2 is 1.42 bits per heavy atom. The first-order valence-corrected chi connectivity index (χ1v) is 23.6. The zero-order chi connectivity index (χ0) is 47.3. The van der Waals surface area contributed by atoms with E-state index in [1.807, 2.05) is 13.8 Å². The van der Waals surface area contributed by atoms with Gasteiger partial charge in [0.15, 0.2) is 24.7 Å². The van der Waals surface area contributed by atoms with Crippen molar-refractivity contribution < 1.29 is 93.8 Å². The molecule has 65 heavy (non-hydrogen) atoms. The van der Waals surface area contributed by atoms with E-state index in [-0.39, 0.29) is 36.4 Å². The summed E-state index contributed by atoms with van der Waals surface area (Å²) in [5.41, 5.74) is -0.967. The lowest BCUT2D eigenvalue weighted by Crippen LogP contribution is -2.64. The van der Waals surface area contributed by atoms with Crippen molar-refractivity contribution >= 4 is 11.6 Å². The SMILES string of the molecule is CCC(=O)[C@@H]1C[C@@H](C)[C@]2(CC(=O)[C@@]3(C)C4=C(CC[C@@]32C)[C@@]2(C)CC[C@H](O[C@@H]3O[C@H](CO[C@@H]5OC[C@H](O)[C@H](O)[C@H]5O[C@@H]5O[C@H](CO)[C@@H](O)[C@H](O)[C@H]5O)[C@@H](O)[C@H](O)[C@H]3O)[C@](C)(CO)[C@@H]2CC4)O1. The normalized spacial score (nSPS) is 53.5. The molecular weight excluding hydrogens is 856 g/mol. The summed E-state index contributed by atoms with van der Waals surface area (Å²) >= 11 is 0. The van der Waals surface area contributed by atoms with Crippen LogP contribution in [0.1, 0.15) is 99.3 Å². The molecule has 0 amide bonds. The van der Waals surface area contributed by atoms with Gasteiger partial charge in [-0.3, -0.25) is 9.59 Å². The number of hydrogen-bond donors (Lipinski definition) is 10. The number of aliphatic hydroxyl groups is 10. The summed E-state index contributed by atoms with van der Waals surface area (Å²) < 4.78 is 42.1. The van der Waals surface area contributed by atoms with Crippen molar-refractivity contribution in [2.24, 2.45) is 33.5 Å². The summed E-state index contributed by atoms with van der Waals surface area (Å²) in [6.07, 6.45) is -18.9. The third kappa shape index (κ3) is 7.48. The van der Waals surface area contributed by atoms with Gasteiger partial charge in [-0.25, -0.2) is 0 Å². The minimum Gasteiger partial charge on any atom is -0.396 e. The molecule has 370 valence electrons. The summed E-state index contributed by atoms with van der Waals surface area (Å²) in [7, 11) is 0. The Hall–Kier alpha value is -1.60. The van der Waals surface area contributed by atoms with Crippen LogP contribution in [-0.4, -0.2) is 193 Å². The third-order valence-corrected chi connectivity index (χ3v) is 18.2. The number of carbonyl (C=O) groups excluding carboxylic acids is 2. The van der Waals surface area contributed by atoms with Crippen LogP contribution in [0, 0.1) is 33.5 Å². The van der Waals surface area contributed by atoms with Gasteiger partial charge in [0.05, 0.1) is 43.5 Å². The van der Waals surface area contributed by atoms with Gasteiger partial charge in [-0.2, -0.15) is 0 Å². The third-order valence-electron chi connectivity index (χ3n) is 18.2. The lowest BCUT2D eigenvalue weighted by atomic mass is 9.42. The molecule has 8 aliphatic rings. The highest BCUT2D eigenvalue weighted by Crippen LogP contribution is 2.74.